The monoisotopic (exact) mass is 334 g/mol. The molecular formula is C18H20F2N2S. The van der Waals surface area contributed by atoms with E-state index in [1.54, 1.807) is 0 Å². The van der Waals surface area contributed by atoms with Crippen molar-refractivity contribution in [1.29, 1.82) is 0 Å². The molecule has 2 rings (SSSR count). The van der Waals surface area contributed by atoms with Crippen molar-refractivity contribution in [1.82, 2.24) is 5.32 Å². The number of aryl methyl sites for hydroxylation is 1. The van der Waals surface area contributed by atoms with Gasteiger partial charge in [0.1, 0.15) is 11.6 Å². The summed E-state index contributed by atoms with van der Waals surface area (Å²) in [6.07, 6.45) is 0. The van der Waals surface area contributed by atoms with Crippen LogP contribution < -0.4 is 10.6 Å². The van der Waals surface area contributed by atoms with E-state index >= 15 is 0 Å². The number of hydrogen-bond donors (Lipinski definition) is 2. The average molecular weight is 334 g/mol. The van der Waals surface area contributed by atoms with Crippen molar-refractivity contribution in [2.75, 3.05) is 5.32 Å². The fourth-order valence-corrected chi connectivity index (χ4v) is 2.67. The van der Waals surface area contributed by atoms with E-state index in [1.807, 2.05) is 31.2 Å². The van der Waals surface area contributed by atoms with Crippen molar-refractivity contribution in [3.05, 3.63) is 65.2 Å². The number of nitrogens with one attached hydrogen (secondary N) is 2. The van der Waals surface area contributed by atoms with E-state index < -0.39 is 11.6 Å². The molecular weight excluding hydrogens is 314 g/mol. The fourth-order valence-electron chi connectivity index (χ4n) is 2.43. The molecule has 1 atom stereocenters. The number of benzene rings is 2. The van der Waals surface area contributed by atoms with Crippen LogP contribution in [-0.2, 0) is 0 Å². The molecule has 0 radical (unpaired) electrons. The Kier molecular flexibility index (Phi) is 5.66. The van der Waals surface area contributed by atoms with Crippen LogP contribution in [0.15, 0.2) is 42.5 Å². The molecule has 0 heterocycles. The molecule has 0 amide bonds. The lowest BCUT2D eigenvalue weighted by Gasteiger charge is -2.26. The molecule has 0 aliphatic carbocycles. The maximum atomic E-state index is 13.7. The summed E-state index contributed by atoms with van der Waals surface area (Å²) in [5.41, 5.74) is 2.46. The van der Waals surface area contributed by atoms with Crippen molar-refractivity contribution < 1.29 is 8.78 Å². The first-order valence-corrected chi connectivity index (χ1v) is 7.87. The van der Waals surface area contributed by atoms with Crippen LogP contribution in [0.1, 0.15) is 31.0 Å². The van der Waals surface area contributed by atoms with Crippen LogP contribution in [-0.4, -0.2) is 5.11 Å². The molecule has 0 spiro atoms. The molecule has 0 saturated heterocycles. The van der Waals surface area contributed by atoms with Gasteiger partial charge in [0, 0.05) is 6.07 Å². The molecule has 0 fully saturated rings. The minimum atomic E-state index is -0.675. The molecule has 2 aromatic rings. The van der Waals surface area contributed by atoms with Crippen LogP contribution in [0.2, 0.25) is 0 Å². The lowest BCUT2D eigenvalue weighted by molar-refractivity contribution is 0.471. The van der Waals surface area contributed by atoms with Gasteiger partial charge >= 0.3 is 0 Å². The van der Waals surface area contributed by atoms with E-state index in [9.17, 15) is 8.78 Å². The first-order chi connectivity index (χ1) is 10.9. The van der Waals surface area contributed by atoms with Gasteiger partial charge in [-0.25, -0.2) is 8.78 Å². The topological polar surface area (TPSA) is 24.1 Å². The minimum Gasteiger partial charge on any atom is -0.355 e. The van der Waals surface area contributed by atoms with E-state index in [0.29, 0.717) is 5.11 Å². The number of rotatable bonds is 4. The van der Waals surface area contributed by atoms with Crippen LogP contribution in [0.3, 0.4) is 0 Å². The second kappa shape index (κ2) is 7.51. The Bertz CT molecular complexity index is 701. The Morgan fingerprint density at radius 1 is 1.09 bits per heavy atom. The average Bonchev–Trinajstić information content (AvgIpc) is 2.48. The Balaban J connectivity index is 2.14. The maximum absolute atomic E-state index is 13.7. The summed E-state index contributed by atoms with van der Waals surface area (Å²) in [6, 6.07) is 11.4. The predicted octanol–water partition coefficient (Wildman–Crippen LogP) is 4.96. The van der Waals surface area contributed by atoms with Gasteiger partial charge in [-0.3, -0.25) is 0 Å². The van der Waals surface area contributed by atoms with Crippen molar-refractivity contribution in [2.45, 2.75) is 26.8 Å². The third-order valence-electron chi connectivity index (χ3n) is 3.66. The van der Waals surface area contributed by atoms with Crippen molar-refractivity contribution >= 4 is 23.0 Å². The lowest BCUT2D eigenvalue weighted by atomic mass is 9.93. The predicted molar refractivity (Wildman–Crippen MR) is 94.5 cm³/mol. The smallest absolute Gasteiger partial charge is 0.171 e. The normalized spacial score (nSPS) is 12.1. The van der Waals surface area contributed by atoms with E-state index in [2.05, 4.69) is 24.5 Å². The van der Waals surface area contributed by atoms with Crippen LogP contribution in [0.25, 0.3) is 0 Å². The van der Waals surface area contributed by atoms with Crippen molar-refractivity contribution in [3.63, 3.8) is 0 Å². The highest BCUT2D eigenvalue weighted by Crippen LogP contribution is 2.25. The molecule has 5 heteroatoms. The number of halogens is 2. The molecule has 0 saturated carbocycles. The Morgan fingerprint density at radius 2 is 1.78 bits per heavy atom. The van der Waals surface area contributed by atoms with Gasteiger partial charge in [0.15, 0.2) is 5.11 Å². The molecule has 0 aromatic heterocycles. The zero-order valence-corrected chi connectivity index (χ0v) is 14.2. The molecule has 1 unspecified atom stereocenters. The van der Waals surface area contributed by atoms with Gasteiger partial charge in [-0.1, -0.05) is 38.1 Å². The van der Waals surface area contributed by atoms with Crippen molar-refractivity contribution in [2.24, 2.45) is 5.92 Å². The molecule has 2 nitrogen and oxygen atoms in total. The van der Waals surface area contributed by atoms with Crippen LogP contribution >= 0.6 is 12.2 Å². The summed E-state index contributed by atoms with van der Waals surface area (Å²) < 4.78 is 26.7. The Labute approximate surface area is 140 Å². The molecule has 0 bridgehead atoms. The number of hydrogen-bond acceptors (Lipinski definition) is 1. The van der Waals surface area contributed by atoms with Crippen LogP contribution in [0.5, 0.6) is 0 Å². The highest BCUT2D eigenvalue weighted by Gasteiger charge is 2.18. The van der Waals surface area contributed by atoms with E-state index in [-0.39, 0.29) is 17.6 Å². The first kappa shape index (κ1) is 17.3. The summed E-state index contributed by atoms with van der Waals surface area (Å²) in [7, 11) is 0. The quantitative estimate of drug-likeness (QED) is 0.773. The van der Waals surface area contributed by atoms with Gasteiger partial charge in [0.05, 0.1) is 11.7 Å². The first-order valence-electron chi connectivity index (χ1n) is 7.46. The third kappa shape index (κ3) is 4.48. The van der Waals surface area contributed by atoms with E-state index in [1.165, 1.54) is 12.1 Å². The highest BCUT2D eigenvalue weighted by molar-refractivity contribution is 7.80. The van der Waals surface area contributed by atoms with Gasteiger partial charge in [-0.05, 0) is 48.3 Å². The largest absolute Gasteiger partial charge is 0.355 e. The number of thiocarbonyl (C=S) groups is 1. The zero-order valence-electron chi connectivity index (χ0n) is 13.4. The summed E-state index contributed by atoms with van der Waals surface area (Å²) >= 11 is 5.28. The second-order valence-electron chi connectivity index (χ2n) is 5.80. The maximum Gasteiger partial charge on any atom is 0.171 e. The molecule has 2 aromatic carbocycles. The number of anilines is 1. The lowest BCUT2D eigenvalue weighted by Crippen LogP contribution is -2.35. The van der Waals surface area contributed by atoms with Gasteiger partial charge in [0.2, 0.25) is 0 Å². The van der Waals surface area contributed by atoms with Gasteiger partial charge in [-0.15, -0.1) is 0 Å². The van der Waals surface area contributed by atoms with Crippen molar-refractivity contribution in [3.8, 4) is 0 Å². The zero-order chi connectivity index (χ0) is 17.0. The molecule has 2 N–H and O–H groups in total. The molecule has 0 aliphatic rings. The Morgan fingerprint density at radius 3 is 2.39 bits per heavy atom. The molecule has 122 valence electrons. The molecule has 0 aliphatic heterocycles. The summed E-state index contributed by atoms with van der Waals surface area (Å²) in [6.45, 7) is 6.22. The molecule has 23 heavy (non-hydrogen) atoms. The second-order valence-corrected chi connectivity index (χ2v) is 6.21. The standard InChI is InChI=1S/C18H20F2N2S/c1-11(2)17(14-7-5-4-6-12(14)3)22-18(23)21-16-9-8-13(19)10-15(16)20/h4-11,17H,1-3H3,(H2,21,22,23). The van der Waals surface area contributed by atoms with Crippen LogP contribution in [0, 0.1) is 24.5 Å². The van der Waals surface area contributed by atoms with E-state index in [4.69, 9.17) is 12.2 Å². The summed E-state index contributed by atoms with van der Waals surface area (Å²) in [4.78, 5) is 0. The fraction of sp³-hybridized carbons (Fsp3) is 0.278. The SMILES string of the molecule is Cc1ccccc1C(NC(=S)Nc1ccc(F)cc1F)C(C)C. The van der Waals surface area contributed by atoms with Crippen LogP contribution in [0.4, 0.5) is 14.5 Å². The minimum absolute atomic E-state index is 0.000269. The van der Waals surface area contributed by atoms with Gasteiger partial charge < -0.3 is 10.6 Å². The van der Waals surface area contributed by atoms with E-state index in [0.717, 1.165) is 17.2 Å². The van der Waals surface area contributed by atoms with Gasteiger partial charge in [0.25, 0.3) is 0 Å². The Hall–Kier alpha value is -2.01. The summed E-state index contributed by atoms with van der Waals surface area (Å²) in [5.74, 6) is -1.01. The highest BCUT2D eigenvalue weighted by atomic mass is 32.1. The van der Waals surface area contributed by atoms with Gasteiger partial charge in [-0.2, -0.15) is 0 Å². The third-order valence-corrected chi connectivity index (χ3v) is 3.88. The summed E-state index contributed by atoms with van der Waals surface area (Å²) in [5, 5.41) is 6.32.